The van der Waals surface area contributed by atoms with E-state index in [1.807, 2.05) is 0 Å². The summed E-state index contributed by atoms with van der Waals surface area (Å²) in [6, 6.07) is 5.59. The van der Waals surface area contributed by atoms with Gasteiger partial charge >= 0.3 is 11.4 Å². The summed E-state index contributed by atoms with van der Waals surface area (Å²) in [5.74, 6) is -6.21. The molecule has 0 saturated heterocycles. The molecule has 0 N–H and O–H groups in total. The van der Waals surface area contributed by atoms with Crippen LogP contribution in [0.3, 0.4) is 0 Å². The first-order valence-electron chi connectivity index (χ1n) is 13.4. The normalized spacial score (nSPS) is 18.0. The zero-order chi connectivity index (χ0) is 37.8. The molecule has 0 saturated carbocycles. The van der Waals surface area contributed by atoms with Gasteiger partial charge in [-0.1, -0.05) is 45.6 Å². The van der Waals surface area contributed by atoms with Gasteiger partial charge < -0.3 is 19.1 Å². The number of hydrogen-bond acceptors (Lipinski definition) is 12. The van der Waals surface area contributed by atoms with Crippen molar-refractivity contribution in [1.82, 2.24) is 0 Å². The molecular weight excluding hydrogens is 771 g/mol. The number of hydrogen-bond donors (Lipinski definition) is 0. The van der Waals surface area contributed by atoms with E-state index >= 15 is 0 Å². The van der Waals surface area contributed by atoms with Crippen molar-refractivity contribution in [3.63, 3.8) is 0 Å². The summed E-state index contributed by atoms with van der Waals surface area (Å²) in [4.78, 5) is 31.4. The van der Waals surface area contributed by atoms with Crippen molar-refractivity contribution in [1.29, 1.82) is 0 Å². The maximum absolute atomic E-state index is 14.1. The lowest BCUT2D eigenvalue weighted by Crippen LogP contribution is -2.44. The van der Waals surface area contributed by atoms with Gasteiger partial charge in [-0.25, -0.2) is 44.0 Å². The molecule has 0 bridgehead atoms. The minimum Gasteiger partial charge on any atom is -0.467 e. The van der Waals surface area contributed by atoms with Crippen LogP contribution in [-0.4, -0.2) is 63.7 Å². The van der Waals surface area contributed by atoms with Gasteiger partial charge in [0.05, 0.1) is 25.3 Å². The largest absolute Gasteiger partial charge is 0.467 e. The second-order valence-electron chi connectivity index (χ2n) is 11.2. The number of sulfone groups is 2. The fourth-order valence-electron chi connectivity index (χ4n) is 3.95. The van der Waals surface area contributed by atoms with Crippen LogP contribution < -0.4 is 0 Å². The van der Waals surface area contributed by atoms with E-state index in [9.17, 15) is 44.0 Å². The van der Waals surface area contributed by atoms with Crippen molar-refractivity contribution in [2.75, 3.05) is 14.2 Å². The number of carbonyl (C=O) groups is 2. The maximum Gasteiger partial charge on any atom is 0.403 e. The van der Waals surface area contributed by atoms with Gasteiger partial charge in [-0.3, -0.25) is 0 Å². The Hall–Kier alpha value is -3.19. The highest BCUT2D eigenvalue weighted by atomic mass is 35.5. The maximum atomic E-state index is 14.1. The average molecular weight is 800 g/mol. The van der Waals surface area contributed by atoms with Crippen LogP contribution >= 0.6 is 34.8 Å². The van der Waals surface area contributed by atoms with Gasteiger partial charge in [-0.2, -0.15) is 0 Å². The third-order valence-electron chi connectivity index (χ3n) is 6.34. The molecule has 2 aliphatic heterocycles. The van der Waals surface area contributed by atoms with E-state index in [2.05, 4.69) is 31.4 Å². The first-order chi connectivity index (χ1) is 22.4. The molecule has 2 aliphatic rings. The fourth-order valence-corrected chi connectivity index (χ4v) is 8.22. The van der Waals surface area contributed by atoms with Gasteiger partial charge in [0.15, 0.2) is 14.8 Å². The Bertz CT molecular complexity index is 1840. The number of carbonyl (C=O) groups excluding carboxylic acids is 2. The van der Waals surface area contributed by atoms with E-state index < -0.39 is 90.6 Å². The number of halogens is 7. The molecule has 4 rings (SSSR count). The molecule has 2 aromatic rings. The quantitative estimate of drug-likeness (QED) is 0.140. The summed E-state index contributed by atoms with van der Waals surface area (Å²) in [5.41, 5.74) is -4.38. The number of benzene rings is 2. The number of nitrogens with zero attached hydrogens (tertiary/aromatic N) is 2. The number of ether oxygens (including phenoxy) is 2. The molecular formula is C28H29Cl3F4N2O10S2. The Labute approximate surface area is 294 Å². The van der Waals surface area contributed by atoms with Gasteiger partial charge in [0.2, 0.25) is 19.7 Å². The van der Waals surface area contributed by atoms with E-state index in [1.54, 1.807) is 27.7 Å². The van der Waals surface area contributed by atoms with E-state index in [1.165, 1.54) is 7.11 Å². The first kappa shape index (κ1) is 42.0. The Morgan fingerprint density at radius 3 is 1.55 bits per heavy atom. The SMILES string of the molecule is CC1(C)CC(S(=O)(=O)C(Cl)c2c(F)cccc2F)=NO1.COC(=O)C(Cl)(c1c(F)cccc1F)S(=O)(=O)C1=NOC(C)(C)C1.COC(=O)Cl. The third-order valence-corrected chi connectivity index (χ3v) is 12.0. The summed E-state index contributed by atoms with van der Waals surface area (Å²) in [6.45, 7) is 6.39. The van der Waals surface area contributed by atoms with Crippen LogP contribution in [0.5, 0.6) is 0 Å². The monoisotopic (exact) mass is 798 g/mol. The summed E-state index contributed by atoms with van der Waals surface area (Å²) in [5, 5.41) is 5.97. The Balaban J connectivity index is 0.000000303. The second-order valence-corrected chi connectivity index (χ2v) is 17.1. The lowest BCUT2D eigenvalue weighted by molar-refractivity contribution is -0.141. The van der Waals surface area contributed by atoms with Crippen LogP contribution in [0, 0.1) is 23.3 Å². The predicted octanol–water partition coefficient (Wildman–Crippen LogP) is 6.58. The Morgan fingerprint density at radius 1 is 0.816 bits per heavy atom. The molecule has 0 aromatic heterocycles. The van der Waals surface area contributed by atoms with E-state index in [-0.39, 0.29) is 17.9 Å². The van der Waals surface area contributed by atoms with Crippen molar-refractivity contribution in [2.24, 2.45) is 10.3 Å². The number of methoxy groups -OCH3 is 2. The van der Waals surface area contributed by atoms with Gasteiger partial charge in [0.25, 0.3) is 4.21 Å². The summed E-state index contributed by atoms with van der Waals surface area (Å²) >= 11 is 16.4. The topological polar surface area (TPSA) is 164 Å². The minimum absolute atomic E-state index is 0.00533. The van der Waals surface area contributed by atoms with Crippen molar-refractivity contribution in [3.05, 3.63) is 70.8 Å². The van der Waals surface area contributed by atoms with E-state index in [0.717, 1.165) is 43.5 Å². The number of alkyl halides is 2. The molecule has 0 fully saturated rings. The van der Waals surface area contributed by atoms with Crippen molar-refractivity contribution >= 4 is 76.0 Å². The summed E-state index contributed by atoms with van der Waals surface area (Å²) < 4.78 is 109. The molecule has 21 heteroatoms. The predicted molar refractivity (Wildman–Crippen MR) is 171 cm³/mol. The van der Waals surface area contributed by atoms with Crippen molar-refractivity contribution < 1.29 is 63.1 Å². The molecule has 2 unspecified atom stereocenters. The Kier molecular flexibility index (Phi) is 13.5. The van der Waals surface area contributed by atoms with Crippen LogP contribution in [0.25, 0.3) is 0 Å². The van der Waals surface area contributed by atoms with Gasteiger partial charge in [-0.15, -0.1) is 0 Å². The minimum atomic E-state index is -4.84. The zero-order valence-corrected chi connectivity index (χ0v) is 30.3. The number of esters is 1. The van der Waals surface area contributed by atoms with Crippen LogP contribution in [0.2, 0.25) is 0 Å². The highest BCUT2D eigenvalue weighted by molar-refractivity contribution is 8.09. The van der Waals surface area contributed by atoms with Gasteiger partial charge in [0.1, 0.15) is 34.5 Å². The molecule has 2 atom stereocenters. The van der Waals surface area contributed by atoms with Crippen LogP contribution in [0.1, 0.15) is 56.4 Å². The molecule has 272 valence electrons. The molecule has 2 aromatic carbocycles. The lowest BCUT2D eigenvalue weighted by atomic mass is 10.1. The average Bonchev–Trinajstić information content (AvgIpc) is 3.58. The lowest BCUT2D eigenvalue weighted by Gasteiger charge is -2.25. The molecule has 12 nitrogen and oxygen atoms in total. The van der Waals surface area contributed by atoms with E-state index in [0.29, 0.717) is 0 Å². The summed E-state index contributed by atoms with van der Waals surface area (Å²) in [6.07, 6.45) is -0.231. The molecule has 0 aliphatic carbocycles. The first-order valence-corrected chi connectivity index (χ1v) is 17.6. The van der Waals surface area contributed by atoms with Crippen LogP contribution in [0.15, 0.2) is 46.7 Å². The molecule has 0 amide bonds. The fraction of sp³-hybridized carbons (Fsp3) is 0.429. The molecule has 0 spiro atoms. The molecule has 0 radical (unpaired) electrons. The highest BCUT2D eigenvalue weighted by Crippen LogP contribution is 2.43. The van der Waals surface area contributed by atoms with Crippen LogP contribution in [0.4, 0.5) is 22.4 Å². The summed E-state index contributed by atoms with van der Waals surface area (Å²) in [7, 11) is -6.97. The highest BCUT2D eigenvalue weighted by Gasteiger charge is 2.59. The second kappa shape index (κ2) is 15.8. The van der Waals surface area contributed by atoms with Crippen molar-refractivity contribution in [3.8, 4) is 0 Å². The smallest absolute Gasteiger partial charge is 0.403 e. The van der Waals surface area contributed by atoms with Crippen molar-refractivity contribution in [2.45, 2.75) is 60.7 Å². The van der Waals surface area contributed by atoms with E-state index in [4.69, 9.17) is 32.9 Å². The Morgan fingerprint density at radius 2 is 1.20 bits per heavy atom. The number of oxime groups is 2. The third kappa shape index (κ3) is 9.33. The zero-order valence-electron chi connectivity index (χ0n) is 26.4. The molecule has 2 heterocycles. The van der Waals surface area contributed by atoms with Gasteiger partial charge in [-0.05, 0) is 52.0 Å². The van der Waals surface area contributed by atoms with Crippen LogP contribution in [-0.2, 0) is 47.8 Å². The molecule has 49 heavy (non-hydrogen) atoms. The standard InChI is InChI=1S/C14H14ClF2NO5S.C12H12ClF2NO3S.C2H3ClO2/c1-13(2)7-10(18-23-13)24(20,21)14(15,12(19)22-3)11-8(16)5-4-6-9(11)17;1-12(2)6-9(16-19-12)20(17,18)11(13)10-7(14)4-3-5-8(10)15;1-5-2(3)4/h4-6H,7H2,1-3H3;3-5,11H,6H2,1-2H3;1H3. The number of rotatable bonds is 5. The van der Waals surface area contributed by atoms with Gasteiger partial charge in [0, 0.05) is 24.4 Å².